The highest BCUT2D eigenvalue weighted by Gasteiger charge is 2.19. The van der Waals surface area contributed by atoms with Gasteiger partial charge in [-0.2, -0.15) is 0 Å². The number of hydrogen-bond donors (Lipinski definition) is 3. The van der Waals surface area contributed by atoms with Crippen molar-refractivity contribution in [3.8, 4) is 0 Å². The van der Waals surface area contributed by atoms with Crippen LogP contribution in [0.3, 0.4) is 0 Å². The van der Waals surface area contributed by atoms with E-state index >= 15 is 0 Å². The molecule has 2 heterocycles. The maximum Gasteiger partial charge on any atom is 0.335 e. The van der Waals surface area contributed by atoms with E-state index in [2.05, 4.69) is 15.3 Å². The number of amides is 1. The summed E-state index contributed by atoms with van der Waals surface area (Å²) in [5.74, 6) is -1.75. The molecule has 0 aliphatic carbocycles. The van der Waals surface area contributed by atoms with Crippen LogP contribution in [0.25, 0.3) is 0 Å². The molecule has 2 aromatic heterocycles. The summed E-state index contributed by atoms with van der Waals surface area (Å²) in [6.07, 6.45) is 0.285. The Labute approximate surface area is 120 Å². The second kappa shape index (κ2) is 6.10. The van der Waals surface area contributed by atoms with Gasteiger partial charge in [0.1, 0.15) is 11.8 Å². The molecule has 7 nitrogen and oxygen atoms in total. The predicted molar refractivity (Wildman–Crippen MR) is 72.9 cm³/mol. The molecule has 108 valence electrons. The van der Waals surface area contributed by atoms with Crippen LogP contribution in [0.4, 0.5) is 0 Å². The number of nitrogens with one attached hydrogen (secondary N) is 1. The Morgan fingerprint density at radius 3 is 2.57 bits per heavy atom. The topological polar surface area (TPSA) is 112 Å². The van der Waals surface area contributed by atoms with Gasteiger partial charge in [-0.15, -0.1) is 0 Å². The molecule has 0 fully saturated rings. The summed E-state index contributed by atoms with van der Waals surface area (Å²) in [4.78, 5) is 30.7. The van der Waals surface area contributed by atoms with Crippen molar-refractivity contribution >= 4 is 11.9 Å². The van der Waals surface area contributed by atoms with Crippen molar-refractivity contribution in [1.82, 2.24) is 15.3 Å². The van der Waals surface area contributed by atoms with Crippen LogP contribution < -0.4 is 5.32 Å². The lowest BCUT2D eigenvalue weighted by molar-refractivity contribution is 0.0696. The second-order valence-electron chi connectivity index (χ2n) is 4.21. The number of aromatic carboxylic acids is 1. The number of carbonyl (C=O) groups excluding carboxylic acids is 1. The number of carboxylic acids is 1. The van der Waals surface area contributed by atoms with Crippen molar-refractivity contribution in [2.75, 3.05) is 7.05 Å². The molecule has 1 unspecified atom stereocenters. The van der Waals surface area contributed by atoms with E-state index in [1.54, 1.807) is 18.2 Å². The van der Waals surface area contributed by atoms with Gasteiger partial charge >= 0.3 is 5.97 Å². The zero-order valence-corrected chi connectivity index (χ0v) is 11.1. The van der Waals surface area contributed by atoms with Crippen LogP contribution in [0.1, 0.15) is 38.3 Å². The molecule has 21 heavy (non-hydrogen) atoms. The summed E-state index contributed by atoms with van der Waals surface area (Å²) in [6.45, 7) is 0. The Balaban J connectivity index is 2.50. The fourth-order valence-corrected chi connectivity index (χ4v) is 1.75. The minimum atomic E-state index is -1.21. The number of aromatic nitrogens is 2. The largest absolute Gasteiger partial charge is 0.478 e. The quantitative estimate of drug-likeness (QED) is 0.759. The predicted octanol–water partition coefficient (Wildman–Crippen LogP) is 0.616. The minimum absolute atomic E-state index is 0.0483. The number of nitrogens with zero attached hydrogens (tertiary/aromatic N) is 2. The maximum absolute atomic E-state index is 11.6. The van der Waals surface area contributed by atoms with E-state index < -0.39 is 18.0 Å². The standard InChI is InChI=1S/C14H13N3O4/c1-15-13(19)11-7-8(14(20)21)6-10(17-11)12(18)9-4-2-3-5-16-9/h2-7,12,18H,1H3,(H,15,19)(H,20,21). The molecule has 0 bridgehead atoms. The molecule has 1 amide bonds. The Bertz CT molecular complexity index is 673. The summed E-state index contributed by atoms with van der Waals surface area (Å²) >= 11 is 0. The number of carboxylic acid groups (broad SMARTS) is 1. The van der Waals surface area contributed by atoms with E-state index in [4.69, 9.17) is 5.11 Å². The van der Waals surface area contributed by atoms with Gasteiger partial charge in [0.2, 0.25) is 0 Å². The minimum Gasteiger partial charge on any atom is -0.478 e. The van der Waals surface area contributed by atoms with E-state index in [0.29, 0.717) is 5.69 Å². The number of carbonyl (C=O) groups is 2. The van der Waals surface area contributed by atoms with Gasteiger partial charge in [-0.25, -0.2) is 9.78 Å². The molecule has 0 aliphatic rings. The van der Waals surface area contributed by atoms with Crippen LogP contribution in [-0.2, 0) is 0 Å². The number of pyridine rings is 2. The third-order valence-electron chi connectivity index (χ3n) is 2.80. The molecule has 2 aromatic rings. The zero-order chi connectivity index (χ0) is 15.4. The van der Waals surface area contributed by atoms with Gasteiger partial charge in [-0.05, 0) is 24.3 Å². The van der Waals surface area contributed by atoms with Crippen LogP contribution in [0.2, 0.25) is 0 Å². The summed E-state index contributed by atoms with van der Waals surface area (Å²) in [5.41, 5.74) is 0.151. The normalized spacial score (nSPS) is 11.7. The molecule has 0 radical (unpaired) electrons. The first-order valence-electron chi connectivity index (χ1n) is 6.09. The molecule has 0 aliphatic heterocycles. The molecule has 0 aromatic carbocycles. The lowest BCUT2D eigenvalue weighted by atomic mass is 10.1. The third-order valence-corrected chi connectivity index (χ3v) is 2.80. The smallest absolute Gasteiger partial charge is 0.335 e. The number of aliphatic hydroxyl groups is 1. The maximum atomic E-state index is 11.6. The van der Waals surface area contributed by atoms with Crippen molar-refractivity contribution in [3.05, 3.63) is 59.2 Å². The van der Waals surface area contributed by atoms with E-state index in [0.717, 1.165) is 6.07 Å². The highest BCUT2D eigenvalue weighted by atomic mass is 16.4. The number of rotatable bonds is 4. The molecule has 7 heteroatoms. The molecular formula is C14H13N3O4. The van der Waals surface area contributed by atoms with Gasteiger partial charge in [-0.1, -0.05) is 6.07 Å². The Morgan fingerprint density at radius 2 is 2.00 bits per heavy atom. The van der Waals surface area contributed by atoms with Gasteiger partial charge in [0.15, 0.2) is 0 Å². The first kappa shape index (κ1) is 14.6. The zero-order valence-electron chi connectivity index (χ0n) is 11.1. The summed E-state index contributed by atoms with van der Waals surface area (Å²) < 4.78 is 0. The number of hydrogen-bond acceptors (Lipinski definition) is 5. The molecule has 0 saturated carbocycles. The fraction of sp³-hybridized carbons (Fsp3) is 0.143. The summed E-state index contributed by atoms with van der Waals surface area (Å²) in [6, 6.07) is 7.32. The molecule has 1 atom stereocenters. The van der Waals surface area contributed by atoms with Gasteiger partial charge in [0, 0.05) is 13.2 Å². The van der Waals surface area contributed by atoms with Crippen LogP contribution in [-0.4, -0.2) is 39.1 Å². The Kier molecular flexibility index (Phi) is 4.24. The average molecular weight is 287 g/mol. The SMILES string of the molecule is CNC(=O)c1cc(C(=O)O)cc(C(O)c2ccccn2)n1. The monoisotopic (exact) mass is 287 g/mol. The average Bonchev–Trinajstić information content (AvgIpc) is 2.53. The lowest BCUT2D eigenvalue weighted by Crippen LogP contribution is -2.21. The van der Waals surface area contributed by atoms with Crippen LogP contribution in [0, 0.1) is 0 Å². The van der Waals surface area contributed by atoms with Gasteiger partial charge in [0.05, 0.1) is 17.0 Å². The van der Waals surface area contributed by atoms with Crippen molar-refractivity contribution in [2.45, 2.75) is 6.10 Å². The number of aliphatic hydroxyl groups excluding tert-OH is 1. The molecular weight excluding hydrogens is 274 g/mol. The summed E-state index contributed by atoms with van der Waals surface area (Å²) in [7, 11) is 1.41. The fourth-order valence-electron chi connectivity index (χ4n) is 1.75. The third kappa shape index (κ3) is 3.21. The molecule has 0 saturated heterocycles. The van der Waals surface area contributed by atoms with Gasteiger partial charge in [-0.3, -0.25) is 9.78 Å². The van der Waals surface area contributed by atoms with E-state index in [9.17, 15) is 14.7 Å². The first-order chi connectivity index (χ1) is 10.0. The van der Waals surface area contributed by atoms with Crippen LogP contribution >= 0.6 is 0 Å². The Hall–Kier alpha value is -2.80. The molecule has 2 rings (SSSR count). The van der Waals surface area contributed by atoms with Crippen LogP contribution in [0.5, 0.6) is 0 Å². The lowest BCUT2D eigenvalue weighted by Gasteiger charge is -2.11. The highest BCUT2D eigenvalue weighted by molar-refractivity contribution is 5.95. The van der Waals surface area contributed by atoms with Crippen molar-refractivity contribution in [1.29, 1.82) is 0 Å². The first-order valence-corrected chi connectivity index (χ1v) is 6.09. The Morgan fingerprint density at radius 1 is 1.24 bits per heavy atom. The molecule has 3 N–H and O–H groups in total. The van der Waals surface area contributed by atoms with E-state index in [-0.39, 0.29) is 17.0 Å². The van der Waals surface area contributed by atoms with E-state index in [1.807, 2.05) is 0 Å². The van der Waals surface area contributed by atoms with Gasteiger partial charge in [0.25, 0.3) is 5.91 Å². The van der Waals surface area contributed by atoms with Crippen molar-refractivity contribution < 1.29 is 19.8 Å². The van der Waals surface area contributed by atoms with Gasteiger partial charge < -0.3 is 15.5 Å². The highest BCUT2D eigenvalue weighted by Crippen LogP contribution is 2.20. The summed E-state index contributed by atoms with van der Waals surface area (Å²) in [5, 5.41) is 21.7. The molecule has 0 spiro atoms. The van der Waals surface area contributed by atoms with Crippen LogP contribution in [0.15, 0.2) is 36.5 Å². The van der Waals surface area contributed by atoms with Crippen molar-refractivity contribution in [3.63, 3.8) is 0 Å². The van der Waals surface area contributed by atoms with E-state index in [1.165, 1.54) is 19.3 Å². The van der Waals surface area contributed by atoms with Crippen molar-refractivity contribution in [2.24, 2.45) is 0 Å². The second-order valence-corrected chi connectivity index (χ2v) is 4.21.